The van der Waals surface area contributed by atoms with E-state index in [0.717, 1.165) is 0 Å². The Morgan fingerprint density at radius 2 is 1.82 bits per heavy atom. The van der Waals surface area contributed by atoms with E-state index in [1.165, 1.54) is 18.2 Å². The van der Waals surface area contributed by atoms with Gasteiger partial charge in [-0.2, -0.15) is 0 Å². The van der Waals surface area contributed by atoms with E-state index in [2.05, 4.69) is 0 Å². The van der Waals surface area contributed by atoms with Crippen molar-refractivity contribution in [1.82, 2.24) is 0 Å². The van der Waals surface area contributed by atoms with Gasteiger partial charge in [-0.05, 0) is 24.3 Å². The molecule has 1 amide bonds. The van der Waals surface area contributed by atoms with Crippen LogP contribution in [0.3, 0.4) is 0 Å². The molecule has 6 nitrogen and oxygen atoms in total. The summed E-state index contributed by atoms with van der Waals surface area (Å²) < 4.78 is 5.19. The van der Waals surface area contributed by atoms with Gasteiger partial charge in [-0.15, -0.1) is 0 Å². The highest BCUT2D eigenvalue weighted by Gasteiger charge is 2.10. The molecule has 2 N–H and O–H groups in total. The summed E-state index contributed by atoms with van der Waals surface area (Å²) in [6, 6.07) is 8.85. The Labute approximate surface area is 95.8 Å². The first-order valence-electron chi connectivity index (χ1n) is 4.72. The van der Waals surface area contributed by atoms with Crippen molar-refractivity contribution >= 4 is 11.6 Å². The van der Waals surface area contributed by atoms with Gasteiger partial charge >= 0.3 is 0 Å². The fraction of sp³-hybridized carbons (Fsp3) is 0. The number of carbonyl (C=O) groups excluding carboxylic acids is 1. The lowest BCUT2D eigenvalue weighted by Crippen LogP contribution is -2.09. The van der Waals surface area contributed by atoms with Crippen molar-refractivity contribution in [2.45, 2.75) is 0 Å². The molecule has 86 valence electrons. The lowest BCUT2D eigenvalue weighted by Gasteiger charge is -1.96. The molecule has 0 atom stereocenters. The fourth-order valence-electron chi connectivity index (χ4n) is 1.37. The molecule has 1 heterocycles. The normalized spacial score (nSPS) is 10.1. The Kier molecular flexibility index (Phi) is 2.61. The largest absolute Gasteiger partial charge is 0.451 e. The average molecular weight is 232 g/mol. The molecule has 0 aliphatic heterocycles. The van der Waals surface area contributed by atoms with E-state index in [0.29, 0.717) is 11.3 Å². The minimum absolute atomic E-state index is 0.00423. The first-order valence-corrected chi connectivity index (χ1v) is 4.72. The maximum Gasteiger partial charge on any atom is 0.284 e. The molecule has 6 heteroatoms. The average Bonchev–Trinajstić information content (AvgIpc) is 2.78. The van der Waals surface area contributed by atoms with Crippen LogP contribution in [-0.4, -0.2) is 10.8 Å². The van der Waals surface area contributed by atoms with Gasteiger partial charge in [-0.25, -0.2) is 0 Å². The third-order valence-corrected chi connectivity index (χ3v) is 2.21. The molecule has 0 aliphatic carbocycles. The van der Waals surface area contributed by atoms with Gasteiger partial charge in [0.1, 0.15) is 5.76 Å². The molecular formula is C11H8N2O4. The summed E-state index contributed by atoms with van der Waals surface area (Å²) >= 11 is 0. The third-order valence-electron chi connectivity index (χ3n) is 2.21. The second kappa shape index (κ2) is 4.09. The van der Waals surface area contributed by atoms with Crippen LogP contribution in [0.25, 0.3) is 11.3 Å². The number of nitrogens with zero attached hydrogens (tertiary/aromatic N) is 1. The van der Waals surface area contributed by atoms with Crippen molar-refractivity contribution < 1.29 is 14.1 Å². The number of hydrogen-bond donors (Lipinski definition) is 1. The van der Waals surface area contributed by atoms with Crippen molar-refractivity contribution in [2.75, 3.05) is 0 Å². The summed E-state index contributed by atoms with van der Waals surface area (Å²) in [4.78, 5) is 20.8. The molecule has 0 unspecified atom stereocenters. The number of furan rings is 1. The minimum atomic E-state index is -0.654. The molecule has 1 aromatic carbocycles. The Bertz CT molecular complexity index is 571. The van der Waals surface area contributed by atoms with Gasteiger partial charge in [0.15, 0.2) is 5.76 Å². The Balaban J connectivity index is 2.33. The van der Waals surface area contributed by atoms with Gasteiger partial charge in [-0.1, -0.05) is 0 Å². The molecule has 0 spiro atoms. The number of nitro benzene ring substituents is 1. The van der Waals surface area contributed by atoms with Crippen LogP contribution >= 0.6 is 0 Å². The summed E-state index contributed by atoms with van der Waals surface area (Å²) in [7, 11) is 0. The summed E-state index contributed by atoms with van der Waals surface area (Å²) in [6.45, 7) is 0. The predicted octanol–water partition coefficient (Wildman–Crippen LogP) is 1.95. The zero-order valence-corrected chi connectivity index (χ0v) is 8.62. The lowest BCUT2D eigenvalue weighted by atomic mass is 10.1. The Morgan fingerprint density at radius 1 is 1.18 bits per heavy atom. The highest BCUT2D eigenvalue weighted by Crippen LogP contribution is 2.24. The summed E-state index contributed by atoms with van der Waals surface area (Å²) in [5.41, 5.74) is 5.68. The number of hydrogen-bond acceptors (Lipinski definition) is 4. The minimum Gasteiger partial charge on any atom is -0.451 e. The van der Waals surface area contributed by atoms with Crippen molar-refractivity contribution in [3.8, 4) is 11.3 Å². The highest BCUT2D eigenvalue weighted by molar-refractivity contribution is 5.90. The summed E-state index contributed by atoms with van der Waals surface area (Å²) in [5.74, 6) is -0.162. The molecule has 0 bridgehead atoms. The van der Waals surface area contributed by atoms with Gasteiger partial charge < -0.3 is 10.2 Å². The van der Waals surface area contributed by atoms with Crippen LogP contribution in [-0.2, 0) is 0 Å². The van der Waals surface area contributed by atoms with Crippen LogP contribution in [0.2, 0.25) is 0 Å². The SMILES string of the molecule is NC(=O)c1ccc(-c2ccc([N+](=O)[O-])cc2)o1. The van der Waals surface area contributed by atoms with Crippen molar-refractivity contribution in [3.05, 3.63) is 52.3 Å². The van der Waals surface area contributed by atoms with Crippen LogP contribution in [0.15, 0.2) is 40.8 Å². The zero-order chi connectivity index (χ0) is 12.4. The fourth-order valence-corrected chi connectivity index (χ4v) is 1.37. The van der Waals surface area contributed by atoms with Crippen LogP contribution in [0.5, 0.6) is 0 Å². The van der Waals surface area contributed by atoms with Gasteiger partial charge in [0.2, 0.25) is 0 Å². The Hall–Kier alpha value is -2.63. The summed E-state index contributed by atoms with van der Waals surface area (Å²) in [6.07, 6.45) is 0. The number of carbonyl (C=O) groups is 1. The van der Waals surface area contributed by atoms with E-state index in [1.807, 2.05) is 0 Å². The van der Waals surface area contributed by atoms with Crippen molar-refractivity contribution in [3.63, 3.8) is 0 Å². The number of benzene rings is 1. The molecule has 0 saturated carbocycles. The van der Waals surface area contributed by atoms with E-state index >= 15 is 0 Å². The van der Waals surface area contributed by atoms with E-state index in [4.69, 9.17) is 10.2 Å². The molecule has 0 radical (unpaired) electrons. The molecule has 0 saturated heterocycles. The monoisotopic (exact) mass is 232 g/mol. The number of nitro groups is 1. The second-order valence-corrected chi connectivity index (χ2v) is 3.33. The van der Waals surface area contributed by atoms with Gasteiger partial charge in [0, 0.05) is 17.7 Å². The molecule has 0 aliphatic rings. The molecule has 17 heavy (non-hydrogen) atoms. The van der Waals surface area contributed by atoms with Crippen LogP contribution in [0.4, 0.5) is 5.69 Å². The standard InChI is InChI=1S/C11H8N2O4/c12-11(14)10-6-5-9(17-10)7-1-3-8(4-2-7)13(15)16/h1-6H,(H2,12,14). The smallest absolute Gasteiger partial charge is 0.284 e. The van der Waals surface area contributed by atoms with Gasteiger partial charge in [0.25, 0.3) is 11.6 Å². The first kappa shape index (κ1) is 10.9. The van der Waals surface area contributed by atoms with Crippen LogP contribution in [0, 0.1) is 10.1 Å². The lowest BCUT2D eigenvalue weighted by molar-refractivity contribution is -0.384. The van der Waals surface area contributed by atoms with Crippen molar-refractivity contribution in [1.29, 1.82) is 0 Å². The van der Waals surface area contributed by atoms with E-state index in [9.17, 15) is 14.9 Å². The third kappa shape index (κ3) is 2.15. The second-order valence-electron chi connectivity index (χ2n) is 3.33. The number of nitrogens with two attached hydrogens (primary N) is 1. The maximum atomic E-state index is 10.8. The quantitative estimate of drug-likeness (QED) is 0.645. The summed E-state index contributed by atoms with van der Waals surface area (Å²) in [5, 5.41) is 10.5. The van der Waals surface area contributed by atoms with Gasteiger partial charge in [0.05, 0.1) is 4.92 Å². The first-order chi connectivity index (χ1) is 8.08. The van der Waals surface area contributed by atoms with Crippen LogP contribution < -0.4 is 5.73 Å². The zero-order valence-electron chi connectivity index (χ0n) is 8.62. The molecule has 2 rings (SSSR count). The molecule has 0 fully saturated rings. The van der Waals surface area contributed by atoms with Crippen LogP contribution in [0.1, 0.15) is 10.6 Å². The van der Waals surface area contributed by atoms with E-state index in [1.54, 1.807) is 18.2 Å². The Morgan fingerprint density at radius 3 is 2.29 bits per heavy atom. The van der Waals surface area contributed by atoms with E-state index < -0.39 is 10.8 Å². The molecule has 1 aromatic heterocycles. The van der Waals surface area contributed by atoms with Crippen molar-refractivity contribution in [2.24, 2.45) is 5.73 Å². The van der Waals surface area contributed by atoms with E-state index in [-0.39, 0.29) is 11.4 Å². The maximum absolute atomic E-state index is 10.8. The van der Waals surface area contributed by atoms with Gasteiger partial charge in [-0.3, -0.25) is 14.9 Å². The number of primary amides is 1. The number of amides is 1. The number of rotatable bonds is 3. The predicted molar refractivity (Wildman–Crippen MR) is 59.3 cm³/mol. The topological polar surface area (TPSA) is 99.4 Å². The highest BCUT2D eigenvalue weighted by atomic mass is 16.6. The number of non-ortho nitro benzene ring substituents is 1. The molecule has 2 aromatic rings. The molecular weight excluding hydrogens is 224 g/mol.